The van der Waals surface area contributed by atoms with E-state index in [1.807, 2.05) is 0 Å². The number of aryl methyl sites for hydroxylation is 2. The van der Waals surface area contributed by atoms with Crippen molar-refractivity contribution >= 4 is 21.6 Å². The summed E-state index contributed by atoms with van der Waals surface area (Å²) in [6.07, 6.45) is 0. The maximum atomic E-state index is 12.7. The summed E-state index contributed by atoms with van der Waals surface area (Å²) < 4.78 is 26.9. The molecule has 0 radical (unpaired) electrons. The predicted molar refractivity (Wildman–Crippen MR) is 102 cm³/mol. The average Bonchev–Trinajstić information content (AvgIpc) is 2.59. The zero-order valence-electron chi connectivity index (χ0n) is 15.9. The molecule has 8 heteroatoms. The molecule has 0 bridgehead atoms. The lowest BCUT2D eigenvalue weighted by Crippen LogP contribution is -2.51. The minimum atomic E-state index is -3.57. The average molecular weight is 384 g/mol. The Kier molecular flexibility index (Phi) is 6.65. The van der Waals surface area contributed by atoms with Crippen LogP contribution >= 0.6 is 0 Å². The van der Waals surface area contributed by atoms with Crippen LogP contribution in [0.2, 0.25) is 0 Å². The molecule has 1 aromatic rings. The van der Waals surface area contributed by atoms with Crippen LogP contribution in [0.15, 0.2) is 18.2 Å². The molecule has 1 unspecified atom stereocenters. The van der Waals surface area contributed by atoms with Gasteiger partial charge in [0.05, 0.1) is 11.7 Å². The molecular formula is C18H29N3O4S. The standard InChI is InChI=1S/C18H29N3O4S/c1-13(2)16(18(22)19-23)12-26(24,25)21-9-7-20(8-10-21)17-6-5-14(3)11-15(17)4/h5-6,11,13,16,23H,7-10,12H2,1-4H3,(H,19,22). The molecule has 1 amide bonds. The second kappa shape index (κ2) is 8.37. The van der Waals surface area contributed by atoms with Crippen molar-refractivity contribution < 1.29 is 18.4 Å². The van der Waals surface area contributed by atoms with E-state index in [1.54, 1.807) is 19.3 Å². The lowest BCUT2D eigenvalue weighted by Gasteiger charge is -2.36. The fourth-order valence-electron chi connectivity index (χ4n) is 3.35. The van der Waals surface area contributed by atoms with Crippen LogP contribution in [0, 0.1) is 25.7 Å². The summed E-state index contributed by atoms with van der Waals surface area (Å²) in [5, 5.41) is 8.85. The highest BCUT2D eigenvalue weighted by Crippen LogP contribution is 2.24. The van der Waals surface area contributed by atoms with E-state index < -0.39 is 21.8 Å². The lowest BCUT2D eigenvalue weighted by atomic mass is 9.97. The van der Waals surface area contributed by atoms with E-state index >= 15 is 0 Å². The van der Waals surface area contributed by atoms with Crippen molar-refractivity contribution in [1.29, 1.82) is 0 Å². The number of piperazine rings is 1. The van der Waals surface area contributed by atoms with Gasteiger partial charge in [0, 0.05) is 31.9 Å². The van der Waals surface area contributed by atoms with E-state index in [0.29, 0.717) is 26.2 Å². The van der Waals surface area contributed by atoms with Gasteiger partial charge in [-0.3, -0.25) is 10.0 Å². The highest BCUT2D eigenvalue weighted by atomic mass is 32.2. The van der Waals surface area contributed by atoms with Gasteiger partial charge < -0.3 is 4.90 Å². The number of sulfonamides is 1. The number of carbonyl (C=O) groups excluding carboxylic acids is 1. The van der Waals surface area contributed by atoms with Crippen molar-refractivity contribution in [2.75, 3.05) is 36.8 Å². The monoisotopic (exact) mass is 383 g/mol. The quantitative estimate of drug-likeness (QED) is 0.574. The molecule has 146 valence electrons. The molecule has 0 saturated carbocycles. The van der Waals surface area contributed by atoms with Crippen LogP contribution in [0.1, 0.15) is 25.0 Å². The normalized spacial score (nSPS) is 17.4. The summed E-state index contributed by atoms with van der Waals surface area (Å²) in [6.45, 7) is 9.66. The van der Waals surface area contributed by atoms with E-state index in [1.165, 1.54) is 15.4 Å². The van der Waals surface area contributed by atoms with Gasteiger partial charge in [-0.1, -0.05) is 31.5 Å². The van der Waals surface area contributed by atoms with Crippen molar-refractivity contribution in [3.05, 3.63) is 29.3 Å². The van der Waals surface area contributed by atoms with Gasteiger partial charge in [-0.05, 0) is 31.4 Å². The number of anilines is 1. The minimum absolute atomic E-state index is 0.187. The topological polar surface area (TPSA) is 90.0 Å². The molecule has 2 N–H and O–H groups in total. The minimum Gasteiger partial charge on any atom is -0.369 e. The van der Waals surface area contributed by atoms with Crippen LogP contribution in [-0.4, -0.2) is 55.8 Å². The van der Waals surface area contributed by atoms with Crippen molar-refractivity contribution in [3.8, 4) is 0 Å². The summed E-state index contributed by atoms with van der Waals surface area (Å²) >= 11 is 0. The molecule has 0 aromatic heterocycles. The van der Waals surface area contributed by atoms with Crippen LogP contribution < -0.4 is 10.4 Å². The Morgan fingerprint density at radius 1 is 1.19 bits per heavy atom. The van der Waals surface area contributed by atoms with Crippen molar-refractivity contribution in [3.63, 3.8) is 0 Å². The van der Waals surface area contributed by atoms with Gasteiger partial charge >= 0.3 is 0 Å². The first-order valence-electron chi connectivity index (χ1n) is 8.89. The van der Waals surface area contributed by atoms with E-state index in [-0.39, 0.29) is 11.7 Å². The first kappa shape index (κ1) is 20.7. The predicted octanol–water partition coefficient (Wildman–Crippen LogP) is 1.53. The van der Waals surface area contributed by atoms with Gasteiger partial charge in [0.25, 0.3) is 0 Å². The fraction of sp³-hybridized carbons (Fsp3) is 0.611. The Balaban J connectivity index is 2.04. The van der Waals surface area contributed by atoms with Gasteiger partial charge in [0.2, 0.25) is 15.9 Å². The highest BCUT2D eigenvalue weighted by Gasteiger charge is 2.33. The first-order chi connectivity index (χ1) is 12.2. The lowest BCUT2D eigenvalue weighted by molar-refractivity contribution is -0.134. The third-order valence-corrected chi connectivity index (χ3v) is 6.90. The third kappa shape index (κ3) is 4.75. The molecule has 1 aliphatic rings. The van der Waals surface area contributed by atoms with E-state index in [9.17, 15) is 13.2 Å². The van der Waals surface area contributed by atoms with Crippen molar-refractivity contribution in [2.45, 2.75) is 27.7 Å². The summed E-state index contributed by atoms with van der Waals surface area (Å²) in [4.78, 5) is 14.0. The number of hydroxylamine groups is 1. The molecular weight excluding hydrogens is 354 g/mol. The molecule has 2 rings (SSSR count). The summed E-state index contributed by atoms with van der Waals surface area (Å²) in [5.74, 6) is -1.91. The SMILES string of the molecule is Cc1ccc(N2CCN(S(=O)(=O)CC(C(=O)NO)C(C)C)CC2)c(C)c1. The smallest absolute Gasteiger partial charge is 0.247 e. The molecule has 1 heterocycles. The number of rotatable bonds is 6. The summed E-state index contributed by atoms with van der Waals surface area (Å²) in [7, 11) is -3.57. The van der Waals surface area contributed by atoms with Crippen LogP contribution in [0.3, 0.4) is 0 Å². The number of nitrogens with one attached hydrogen (secondary N) is 1. The number of carbonyl (C=O) groups is 1. The van der Waals surface area contributed by atoms with E-state index in [4.69, 9.17) is 5.21 Å². The van der Waals surface area contributed by atoms with Gasteiger partial charge in [-0.2, -0.15) is 4.31 Å². The van der Waals surface area contributed by atoms with Crippen LogP contribution in [0.25, 0.3) is 0 Å². The maximum Gasteiger partial charge on any atom is 0.247 e. The van der Waals surface area contributed by atoms with Gasteiger partial charge in [0.15, 0.2) is 0 Å². The number of hydrogen-bond acceptors (Lipinski definition) is 5. The maximum absolute atomic E-state index is 12.7. The highest BCUT2D eigenvalue weighted by molar-refractivity contribution is 7.89. The molecule has 7 nitrogen and oxygen atoms in total. The number of benzene rings is 1. The Morgan fingerprint density at radius 2 is 1.81 bits per heavy atom. The Morgan fingerprint density at radius 3 is 2.31 bits per heavy atom. The Bertz CT molecular complexity index is 741. The third-order valence-electron chi connectivity index (χ3n) is 4.97. The summed E-state index contributed by atoms with van der Waals surface area (Å²) in [6, 6.07) is 6.26. The molecule has 1 fully saturated rings. The molecule has 1 atom stereocenters. The Labute approximate surface area is 156 Å². The molecule has 1 aromatic carbocycles. The van der Waals surface area contributed by atoms with Gasteiger partial charge in [0.1, 0.15) is 0 Å². The molecule has 26 heavy (non-hydrogen) atoms. The second-order valence-electron chi connectivity index (χ2n) is 7.28. The van der Waals surface area contributed by atoms with Gasteiger partial charge in [-0.25, -0.2) is 13.9 Å². The Hall–Kier alpha value is -1.64. The van der Waals surface area contributed by atoms with E-state index in [2.05, 4.69) is 36.9 Å². The zero-order chi connectivity index (χ0) is 19.5. The number of hydrogen-bond donors (Lipinski definition) is 2. The molecule has 0 aliphatic carbocycles. The molecule has 0 spiro atoms. The van der Waals surface area contributed by atoms with Crippen molar-refractivity contribution in [1.82, 2.24) is 9.79 Å². The van der Waals surface area contributed by atoms with Gasteiger partial charge in [-0.15, -0.1) is 0 Å². The van der Waals surface area contributed by atoms with Crippen molar-refractivity contribution in [2.24, 2.45) is 11.8 Å². The summed E-state index contributed by atoms with van der Waals surface area (Å²) in [5.41, 5.74) is 5.10. The zero-order valence-corrected chi connectivity index (χ0v) is 16.7. The van der Waals surface area contributed by atoms with Crippen LogP contribution in [0.5, 0.6) is 0 Å². The first-order valence-corrected chi connectivity index (χ1v) is 10.5. The van der Waals surface area contributed by atoms with Crippen LogP contribution in [0.4, 0.5) is 5.69 Å². The largest absolute Gasteiger partial charge is 0.369 e. The number of nitrogens with zero attached hydrogens (tertiary/aromatic N) is 2. The second-order valence-corrected chi connectivity index (χ2v) is 9.29. The van der Waals surface area contributed by atoms with Crippen LogP contribution in [-0.2, 0) is 14.8 Å². The fourth-order valence-corrected chi connectivity index (χ4v) is 5.27. The molecule has 1 saturated heterocycles. The van der Waals surface area contributed by atoms with E-state index in [0.717, 1.165) is 5.69 Å². The molecule has 1 aliphatic heterocycles. The number of amides is 1.